The zero-order valence-corrected chi connectivity index (χ0v) is 13.7. The molecule has 0 radical (unpaired) electrons. The molecule has 3 rings (SSSR count). The first kappa shape index (κ1) is 15.4. The molecule has 1 N–H and O–H groups in total. The van der Waals surface area contributed by atoms with Gasteiger partial charge in [-0.05, 0) is 37.3 Å². The van der Waals surface area contributed by atoms with Crippen molar-refractivity contribution in [2.75, 3.05) is 5.32 Å². The Balaban J connectivity index is 1.79. The van der Waals surface area contributed by atoms with Crippen LogP contribution >= 0.6 is 15.9 Å². The molecule has 0 unspecified atom stereocenters. The van der Waals surface area contributed by atoms with Gasteiger partial charge in [0, 0.05) is 4.47 Å². The number of benzene rings is 2. The Morgan fingerprint density at radius 1 is 1.22 bits per heavy atom. The summed E-state index contributed by atoms with van der Waals surface area (Å²) in [5, 5.41) is 10.2. The van der Waals surface area contributed by atoms with E-state index < -0.39 is 11.7 Å². The molecule has 0 spiro atoms. The lowest BCUT2D eigenvalue weighted by molar-refractivity contribution is 0.102. The average Bonchev–Trinajstić information content (AvgIpc) is 3.01. The van der Waals surface area contributed by atoms with Gasteiger partial charge in [-0.3, -0.25) is 4.79 Å². The van der Waals surface area contributed by atoms with Crippen molar-refractivity contribution in [3.8, 4) is 5.69 Å². The highest BCUT2D eigenvalue weighted by molar-refractivity contribution is 9.10. The molecule has 0 fully saturated rings. The van der Waals surface area contributed by atoms with Gasteiger partial charge in [-0.2, -0.15) is 0 Å². The molecule has 23 heavy (non-hydrogen) atoms. The van der Waals surface area contributed by atoms with Gasteiger partial charge in [0.1, 0.15) is 5.82 Å². The van der Waals surface area contributed by atoms with E-state index in [1.807, 2.05) is 31.2 Å². The molecule has 7 heteroatoms. The third-order valence-electron chi connectivity index (χ3n) is 3.20. The van der Waals surface area contributed by atoms with Gasteiger partial charge in [-0.1, -0.05) is 38.8 Å². The van der Waals surface area contributed by atoms with Gasteiger partial charge >= 0.3 is 0 Å². The van der Waals surface area contributed by atoms with E-state index in [1.54, 1.807) is 6.07 Å². The number of aromatic nitrogens is 3. The Bertz CT molecular complexity index is 861. The first-order chi connectivity index (χ1) is 11.0. The van der Waals surface area contributed by atoms with E-state index in [0.717, 1.165) is 11.3 Å². The summed E-state index contributed by atoms with van der Waals surface area (Å²) in [6, 6.07) is 12.0. The van der Waals surface area contributed by atoms with Crippen molar-refractivity contribution < 1.29 is 9.18 Å². The standard InChI is InChI=1S/C16H12BrFN4O/c1-10-2-5-12(6-3-10)22-9-15(20-21-22)16(23)19-14-7-4-11(17)8-13(14)18/h2-9H,1H3,(H,19,23). The van der Waals surface area contributed by atoms with Crippen molar-refractivity contribution in [1.29, 1.82) is 0 Å². The number of aryl methyl sites for hydroxylation is 1. The van der Waals surface area contributed by atoms with E-state index in [4.69, 9.17) is 0 Å². The average molecular weight is 375 g/mol. The maximum absolute atomic E-state index is 13.7. The van der Waals surface area contributed by atoms with Gasteiger partial charge in [0.05, 0.1) is 17.6 Å². The highest BCUT2D eigenvalue weighted by Crippen LogP contribution is 2.20. The molecule has 1 amide bonds. The summed E-state index contributed by atoms with van der Waals surface area (Å²) in [5.74, 6) is -1.05. The molecule has 0 saturated carbocycles. The number of anilines is 1. The lowest BCUT2D eigenvalue weighted by Gasteiger charge is -2.04. The zero-order valence-electron chi connectivity index (χ0n) is 12.1. The monoisotopic (exact) mass is 374 g/mol. The SMILES string of the molecule is Cc1ccc(-n2cc(C(=O)Nc3ccc(Br)cc3F)nn2)cc1. The second-order valence-electron chi connectivity index (χ2n) is 4.96. The summed E-state index contributed by atoms with van der Waals surface area (Å²) >= 11 is 3.16. The van der Waals surface area contributed by atoms with E-state index in [0.29, 0.717) is 4.47 Å². The number of nitrogens with one attached hydrogen (secondary N) is 1. The minimum atomic E-state index is -0.529. The summed E-state index contributed by atoms with van der Waals surface area (Å²) in [4.78, 5) is 12.1. The van der Waals surface area contributed by atoms with Crippen molar-refractivity contribution in [2.24, 2.45) is 0 Å². The van der Waals surface area contributed by atoms with Gasteiger partial charge in [0.15, 0.2) is 5.69 Å². The van der Waals surface area contributed by atoms with Crippen LogP contribution in [0.2, 0.25) is 0 Å². The summed E-state index contributed by atoms with van der Waals surface area (Å²) in [6.45, 7) is 1.98. The van der Waals surface area contributed by atoms with Crippen LogP contribution in [0.5, 0.6) is 0 Å². The van der Waals surface area contributed by atoms with E-state index in [-0.39, 0.29) is 11.4 Å². The first-order valence-electron chi connectivity index (χ1n) is 6.79. The van der Waals surface area contributed by atoms with Crippen LogP contribution < -0.4 is 5.32 Å². The van der Waals surface area contributed by atoms with Gasteiger partial charge < -0.3 is 5.32 Å². The molecule has 2 aromatic carbocycles. The smallest absolute Gasteiger partial charge is 0.277 e. The number of carbonyl (C=O) groups is 1. The van der Waals surface area contributed by atoms with Crippen LogP contribution in [0.15, 0.2) is 53.1 Å². The molecular weight excluding hydrogens is 363 g/mol. The molecule has 0 atom stereocenters. The van der Waals surface area contributed by atoms with Crippen molar-refractivity contribution in [1.82, 2.24) is 15.0 Å². The Morgan fingerprint density at radius 3 is 2.65 bits per heavy atom. The summed E-state index contributed by atoms with van der Waals surface area (Å²) < 4.78 is 15.8. The number of amides is 1. The summed E-state index contributed by atoms with van der Waals surface area (Å²) in [7, 11) is 0. The number of hydrogen-bond acceptors (Lipinski definition) is 3. The van der Waals surface area contributed by atoms with E-state index in [9.17, 15) is 9.18 Å². The largest absolute Gasteiger partial charge is 0.318 e. The third-order valence-corrected chi connectivity index (χ3v) is 3.70. The summed E-state index contributed by atoms with van der Waals surface area (Å²) in [6.07, 6.45) is 1.50. The van der Waals surface area contributed by atoms with Crippen molar-refractivity contribution in [2.45, 2.75) is 6.92 Å². The van der Waals surface area contributed by atoms with Crippen LogP contribution in [0, 0.1) is 12.7 Å². The molecule has 0 aliphatic rings. The van der Waals surface area contributed by atoms with Crippen LogP contribution in [0.3, 0.4) is 0 Å². The lowest BCUT2D eigenvalue weighted by Crippen LogP contribution is -2.13. The second kappa shape index (κ2) is 6.29. The van der Waals surface area contributed by atoms with Crippen LogP contribution in [0.4, 0.5) is 10.1 Å². The highest BCUT2D eigenvalue weighted by Gasteiger charge is 2.14. The summed E-state index contributed by atoms with van der Waals surface area (Å²) in [5.41, 5.74) is 2.10. The van der Waals surface area contributed by atoms with E-state index >= 15 is 0 Å². The highest BCUT2D eigenvalue weighted by atomic mass is 79.9. The number of hydrogen-bond donors (Lipinski definition) is 1. The predicted molar refractivity (Wildman–Crippen MR) is 88.1 cm³/mol. The molecule has 0 aliphatic carbocycles. The molecule has 116 valence electrons. The molecule has 0 aliphatic heterocycles. The minimum absolute atomic E-state index is 0.0862. The molecule has 1 heterocycles. The maximum atomic E-state index is 13.7. The van der Waals surface area contributed by atoms with Crippen LogP contribution in [-0.2, 0) is 0 Å². The number of carbonyl (C=O) groups excluding carboxylic acids is 1. The minimum Gasteiger partial charge on any atom is -0.318 e. The first-order valence-corrected chi connectivity index (χ1v) is 7.58. The fourth-order valence-corrected chi connectivity index (χ4v) is 2.30. The van der Waals surface area contributed by atoms with Crippen LogP contribution in [0.1, 0.15) is 16.1 Å². The van der Waals surface area contributed by atoms with E-state index in [1.165, 1.54) is 23.0 Å². The number of halogens is 2. The molecule has 3 aromatic rings. The Morgan fingerprint density at radius 2 is 1.96 bits per heavy atom. The molecule has 0 saturated heterocycles. The predicted octanol–water partition coefficient (Wildman–Crippen LogP) is 3.73. The molecular formula is C16H12BrFN4O. The second-order valence-corrected chi connectivity index (χ2v) is 5.88. The Hall–Kier alpha value is -2.54. The van der Waals surface area contributed by atoms with Crippen molar-refractivity contribution in [3.05, 3.63) is 70.2 Å². The number of nitrogens with zero attached hydrogens (tertiary/aromatic N) is 3. The molecule has 5 nitrogen and oxygen atoms in total. The number of rotatable bonds is 3. The lowest BCUT2D eigenvalue weighted by atomic mass is 10.2. The molecule has 0 bridgehead atoms. The topological polar surface area (TPSA) is 59.8 Å². The van der Waals surface area contributed by atoms with Crippen LogP contribution in [0.25, 0.3) is 5.69 Å². The third kappa shape index (κ3) is 3.45. The normalized spacial score (nSPS) is 10.6. The Labute approximate surface area is 140 Å². The molecule has 1 aromatic heterocycles. The van der Waals surface area contributed by atoms with Gasteiger partial charge in [-0.15, -0.1) is 5.10 Å². The van der Waals surface area contributed by atoms with Crippen molar-refractivity contribution in [3.63, 3.8) is 0 Å². The van der Waals surface area contributed by atoms with E-state index in [2.05, 4.69) is 31.6 Å². The fourth-order valence-electron chi connectivity index (χ4n) is 1.97. The maximum Gasteiger partial charge on any atom is 0.277 e. The van der Waals surface area contributed by atoms with Gasteiger partial charge in [-0.25, -0.2) is 9.07 Å². The van der Waals surface area contributed by atoms with Crippen LogP contribution in [-0.4, -0.2) is 20.9 Å². The quantitative estimate of drug-likeness (QED) is 0.759. The zero-order chi connectivity index (χ0) is 16.4. The van der Waals surface area contributed by atoms with Gasteiger partial charge in [0.25, 0.3) is 5.91 Å². The Kier molecular flexibility index (Phi) is 4.20. The van der Waals surface area contributed by atoms with Crippen molar-refractivity contribution >= 4 is 27.5 Å². The fraction of sp³-hybridized carbons (Fsp3) is 0.0625. The van der Waals surface area contributed by atoms with Gasteiger partial charge in [0.2, 0.25) is 0 Å².